The zero-order valence-electron chi connectivity index (χ0n) is 8.61. The van der Waals surface area contributed by atoms with Crippen molar-refractivity contribution >= 4 is 12.2 Å². The van der Waals surface area contributed by atoms with Gasteiger partial charge < -0.3 is 10.5 Å². The Morgan fingerprint density at radius 2 is 2.19 bits per heavy atom. The van der Waals surface area contributed by atoms with E-state index in [-0.39, 0.29) is 5.56 Å². The molecule has 16 heavy (non-hydrogen) atoms. The first-order valence-electron chi connectivity index (χ1n) is 4.58. The lowest BCUT2D eigenvalue weighted by molar-refractivity contribution is 0.137. The summed E-state index contributed by atoms with van der Waals surface area (Å²) in [6, 6.07) is 3.09. The van der Waals surface area contributed by atoms with Gasteiger partial charge in [0.15, 0.2) is 0 Å². The van der Waals surface area contributed by atoms with Gasteiger partial charge in [0.1, 0.15) is 17.7 Å². The third-order valence-corrected chi connectivity index (χ3v) is 1.81. The largest absolute Gasteiger partial charge is 0.442 e. The number of ether oxygens (including phenoxy) is 1. The molecule has 0 spiro atoms. The van der Waals surface area contributed by atoms with Crippen molar-refractivity contribution in [2.75, 3.05) is 0 Å². The molecule has 2 N–H and O–H groups in total. The Bertz CT molecular complexity index is 418. The second-order valence-electron chi connectivity index (χ2n) is 3.17. The topological polar surface area (TPSA) is 52.3 Å². The van der Waals surface area contributed by atoms with E-state index in [2.05, 4.69) is 4.74 Å². The van der Waals surface area contributed by atoms with Gasteiger partial charge in [-0.3, -0.25) is 0 Å². The second kappa shape index (κ2) is 5.25. The van der Waals surface area contributed by atoms with Crippen LogP contribution in [0.15, 0.2) is 24.3 Å². The molecule has 0 heterocycles. The first-order valence-corrected chi connectivity index (χ1v) is 4.58. The molecule has 1 unspecified atom stereocenters. The average Bonchev–Trinajstić information content (AvgIpc) is 2.18. The van der Waals surface area contributed by atoms with Crippen molar-refractivity contribution in [2.24, 2.45) is 5.73 Å². The lowest BCUT2D eigenvalue weighted by atomic mass is 10.2. The average molecular weight is 227 g/mol. The van der Waals surface area contributed by atoms with E-state index in [1.165, 1.54) is 12.2 Å². The molecule has 0 aromatic heterocycles. The number of hydrogen-bond donors (Lipinski definition) is 1. The maximum absolute atomic E-state index is 13.1. The number of halogens is 2. The Kier molecular flexibility index (Phi) is 3.99. The van der Waals surface area contributed by atoms with Crippen LogP contribution < -0.4 is 5.73 Å². The second-order valence-corrected chi connectivity index (χ2v) is 3.17. The summed E-state index contributed by atoms with van der Waals surface area (Å²) in [7, 11) is 0. The van der Waals surface area contributed by atoms with Crippen LogP contribution >= 0.6 is 0 Å². The number of rotatable bonds is 3. The van der Waals surface area contributed by atoms with Crippen LogP contribution in [0.4, 0.5) is 13.6 Å². The van der Waals surface area contributed by atoms with Gasteiger partial charge in [-0.15, -0.1) is 0 Å². The normalized spacial score (nSPS) is 12.7. The van der Waals surface area contributed by atoms with E-state index in [9.17, 15) is 13.6 Å². The van der Waals surface area contributed by atoms with Gasteiger partial charge in [0.25, 0.3) is 0 Å². The number of nitrogens with two attached hydrogens (primary N) is 1. The fraction of sp³-hybridized carbons (Fsp3) is 0.182. The Hall–Kier alpha value is -1.91. The minimum Gasteiger partial charge on any atom is -0.442 e. The lowest BCUT2D eigenvalue weighted by Crippen LogP contribution is -2.18. The van der Waals surface area contributed by atoms with Crippen molar-refractivity contribution in [1.82, 2.24) is 0 Å². The maximum atomic E-state index is 13.1. The molecule has 0 aliphatic carbocycles. The summed E-state index contributed by atoms with van der Waals surface area (Å²) in [4.78, 5) is 10.4. The van der Waals surface area contributed by atoms with Gasteiger partial charge in [-0.1, -0.05) is 6.08 Å². The molecule has 0 bridgehead atoms. The van der Waals surface area contributed by atoms with E-state index in [4.69, 9.17) is 5.73 Å². The van der Waals surface area contributed by atoms with Crippen LogP contribution in [0.2, 0.25) is 0 Å². The number of carbonyl (C=O) groups excluding carboxylic acids is 1. The van der Waals surface area contributed by atoms with Gasteiger partial charge >= 0.3 is 6.09 Å². The summed E-state index contributed by atoms with van der Waals surface area (Å²) in [5.41, 5.74) is 4.87. The lowest BCUT2D eigenvalue weighted by Gasteiger charge is -2.05. The van der Waals surface area contributed by atoms with Gasteiger partial charge in [-0.25, -0.2) is 13.6 Å². The predicted octanol–water partition coefficient (Wildman–Crippen LogP) is 2.46. The third kappa shape index (κ3) is 3.68. The molecule has 0 saturated heterocycles. The fourth-order valence-corrected chi connectivity index (χ4v) is 1.10. The third-order valence-electron chi connectivity index (χ3n) is 1.81. The number of primary amides is 1. The van der Waals surface area contributed by atoms with Crippen molar-refractivity contribution in [1.29, 1.82) is 0 Å². The SMILES string of the molecule is CC(C=Cc1cc(F)ccc1F)OC(N)=O. The number of amides is 1. The summed E-state index contributed by atoms with van der Waals surface area (Å²) >= 11 is 0. The van der Waals surface area contributed by atoms with Gasteiger partial charge in [-0.2, -0.15) is 0 Å². The van der Waals surface area contributed by atoms with Crippen molar-refractivity contribution in [3.8, 4) is 0 Å². The van der Waals surface area contributed by atoms with Gasteiger partial charge in [0.05, 0.1) is 0 Å². The molecule has 1 aromatic rings. The van der Waals surface area contributed by atoms with Crippen LogP contribution in [0.1, 0.15) is 12.5 Å². The van der Waals surface area contributed by atoms with Gasteiger partial charge in [-0.05, 0) is 31.2 Å². The molecule has 1 aromatic carbocycles. The Balaban J connectivity index is 2.75. The molecule has 1 rings (SSSR count). The van der Waals surface area contributed by atoms with Crippen LogP contribution in [0.25, 0.3) is 6.08 Å². The highest BCUT2D eigenvalue weighted by Crippen LogP contribution is 2.12. The van der Waals surface area contributed by atoms with Crippen molar-refractivity contribution in [2.45, 2.75) is 13.0 Å². The van der Waals surface area contributed by atoms with Crippen molar-refractivity contribution in [3.05, 3.63) is 41.5 Å². The zero-order valence-corrected chi connectivity index (χ0v) is 8.61. The molecule has 1 atom stereocenters. The molecule has 0 aliphatic heterocycles. The summed E-state index contributed by atoms with van der Waals surface area (Å²) in [6.45, 7) is 1.55. The molecule has 3 nitrogen and oxygen atoms in total. The van der Waals surface area contributed by atoms with Crippen molar-refractivity contribution in [3.63, 3.8) is 0 Å². The molecule has 1 amide bonds. The van der Waals surface area contributed by atoms with Crippen LogP contribution in [0, 0.1) is 11.6 Å². The standard InChI is InChI=1S/C11H11F2NO2/c1-7(16-11(14)15)2-3-8-6-9(12)4-5-10(8)13/h2-7H,1H3,(H2,14,15). The number of hydrogen-bond acceptors (Lipinski definition) is 2. The fourth-order valence-electron chi connectivity index (χ4n) is 1.10. The van der Waals surface area contributed by atoms with E-state index in [1.54, 1.807) is 6.92 Å². The Labute approximate surface area is 91.5 Å². The van der Waals surface area contributed by atoms with E-state index < -0.39 is 23.8 Å². The minimum atomic E-state index is -0.920. The van der Waals surface area contributed by atoms with E-state index >= 15 is 0 Å². The number of benzene rings is 1. The van der Waals surface area contributed by atoms with Gasteiger partial charge in [0, 0.05) is 5.56 Å². The highest BCUT2D eigenvalue weighted by atomic mass is 19.1. The number of carbonyl (C=O) groups is 1. The van der Waals surface area contributed by atoms with E-state index in [0.29, 0.717) is 0 Å². The highest BCUT2D eigenvalue weighted by Gasteiger charge is 2.03. The molecule has 0 fully saturated rings. The maximum Gasteiger partial charge on any atom is 0.405 e. The molecule has 0 radical (unpaired) electrons. The molecule has 0 saturated carbocycles. The molecule has 86 valence electrons. The first kappa shape index (κ1) is 12.2. The Morgan fingerprint density at radius 3 is 2.81 bits per heavy atom. The van der Waals surface area contributed by atoms with Crippen LogP contribution in [-0.4, -0.2) is 12.2 Å². The highest BCUT2D eigenvalue weighted by molar-refractivity contribution is 5.65. The Morgan fingerprint density at radius 1 is 1.50 bits per heavy atom. The smallest absolute Gasteiger partial charge is 0.405 e. The molecule has 0 aliphatic rings. The summed E-state index contributed by atoms with van der Waals surface area (Å²) in [5, 5.41) is 0. The zero-order chi connectivity index (χ0) is 12.1. The molecular formula is C11H11F2NO2. The minimum absolute atomic E-state index is 0.0833. The van der Waals surface area contributed by atoms with E-state index in [1.807, 2.05) is 0 Å². The predicted molar refractivity (Wildman–Crippen MR) is 55.5 cm³/mol. The summed E-state index contributed by atoms with van der Waals surface area (Å²) < 4.78 is 30.5. The van der Waals surface area contributed by atoms with Crippen LogP contribution in [0.3, 0.4) is 0 Å². The van der Waals surface area contributed by atoms with Crippen LogP contribution in [-0.2, 0) is 4.74 Å². The molecular weight excluding hydrogens is 216 g/mol. The first-order chi connectivity index (χ1) is 7.49. The van der Waals surface area contributed by atoms with Crippen LogP contribution in [0.5, 0.6) is 0 Å². The molecule has 5 heteroatoms. The quantitative estimate of drug-likeness (QED) is 0.862. The summed E-state index contributed by atoms with van der Waals surface area (Å²) in [5.74, 6) is -1.09. The monoisotopic (exact) mass is 227 g/mol. The summed E-state index contributed by atoms with van der Waals surface area (Å²) in [6.07, 6.45) is 1.21. The van der Waals surface area contributed by atoms with Crippen molar-refractivity contribution < 1.29 is 18.3 Å². The van der Waals surface area contributed by atoms with E-state index in [0.717, 1.165) is 18.2 Å². The van der Waals surface area contributed by atoms with Gasteiger partial charge in [0.2, 0.25) is 0 Å².